The highest BCUT2D eigenvalue weighted by Gasteiger charge is 2.52. The van der Waals surface area contributed by atoms with Crippen LogP contribution in [0.3, 0.4) is 0 Å². The highest BCUT2D eigenvalue weighted by Crippen LogP contribution is 2.65. The highest BCUT2D eigenvalue weighted by molar-refractivity contribution is 5.98. The Morgan fingerprint density at radius 2 is 0.552 bits per heavy atom. The van der Waals surface area contributed by atoms with Crippen LogP contribution in [0.25, 0.3) is 77.9 Å². The molecule has 0 aliphatic heterocycles. The Morgan fingerprint density at radius 1 is 0.248 bits per heavy atom. The molecule has 0 heterocycles. The molecule has 13 aromatic rings. The van der Waals surface area contributed by atoms with Crippen molar-refractivity contribution >= 4 is 34.1 Å². The van der Waals surface area contributed by atoms with E-state index in [9.17, 15) is 0 Å². The topological polar surface area (TPSA) is 6.48 Å². The second kappa shape index (κ2) is 26.0. The van der Waals surface area contributed by atoms with E-state index < -0.39 is 5.41 Å². The third-order valence-corrected chi connectivity index (χ3v) is 25.5. The average molecular weight is 1360 g/mol. The Balaban J connectivity index is 0.773. The molecule has 0 fully saturated rings. The molecule has 0 radical (unpaired) electrons. The van der Waals surface area contributed by atoms with Crippen molar-refractivity contribution in [3.05, 3.63) is 345 Å². The summed E-state index contributed by atoms with van der Waals surface area (Å²) in [6.45, 7) is 21.2. The van der Waals surface area contributed by atoms with Gasteiger partial charge in [-0.15, -0.1) is 0 Å². The zero-order valence-corrected chi connectivity index (χ0v) is 62.9. The molecule has 0 saturated carbocycles. The lowest BCUT2D eigenvalue weighted by molar-refractivity contribution is 0.414. The van der Waals surface area contributed by atoms with Crippen molar-refractivity contribution < 1.29 is 0 Å². The van der Waals surface area contributed by atoms with Gasteiger partial charge in [0.05, 0.1) is 5.41 Å². The minimum absolute atomic E-state index is 0.0569. The molecular weight excluding hydrogens is 1270 g/mol. The van der Waals surface area contributed by atoms with Gasteiger partial charge < -0.3 is 9.80 Å². The summed E-state index contributed by atoms with van der Waals surface area (Å²) in [6.07, 6.45) is 14.1. The molecule has 0 saturated heterocycles. The summed E-state index contributed by atoms with van der Waals surface area (Å²) in [4.78, 5) is 5.14. The molecule has 0 unspecified atom stereocenters. The Morgan fingerprint density at radius 3 is 0.981 bits per heavy atom. The van der Waals surface area contributed by atoms with Crippen LogP contribution < -0.4 is 9.80 Å². The van der Waals surface area contributed by atoms with Crippen molar-refractivity contribution in [3.8, 4) is 77.9 Å². The fraction of sp³-hybridized carbons (Fsp3) is 0.243. The number of fused-ring (bicyclic) bond motifs is 19. The van der Waals surface area contributed by atoms with Crippen LogP contribution >= 0.6 is 0 Å². The van der Waals surface area contributed by atoms with Crippen molar-refractivity contribution in [2.75, 3.05) is 9.80 Å². The minimum Gasteiger partial charge on any atom is -0.310 e. The predicted molar refractivity (Wildman–Crippen MR) is 445 cm³/mol. The van der Waals surface area contributed by atoms with Gasteiger partial charge in [0, 0.05) is 50.4 Å². The normalized spacial score (nSPS) is 14.7. The van der Waals surface area contributed by atoms with Gasteiger partial charge in [0.15, 0.2) is 0 Å². The van der Waals surface area contributed by atoms with E-state index in [2.05, 4.69) is 345 Å². The van der Waals surface area contributed by atoms with Gasteiger partial charge in [0.2, 0.25) is 0 Å². The van der Waals surface area contributed by atoms with Crippen molar-refractivity contribution in [3.63, 3.8) is 0 Å². The molecule has 0 bridgehead atoms. The molecule has 5 aliphatic rings. The van der Waals surface area contributed by atoms with Crippen molar-refractivity contribution in [1.29, 1.82) is 0 Å². The van der Waals surface area contributed by atoms with Crippen LogP contribution in [0.4, 0.5) is 34.1 Å². The van der Waals surface area contributed by atoms with E-state index in [1.165, 1.54) is 219 Å². The molecule has 2 nitrogen and oxygen atoms in total. The smallest absolute Gasteiger partial charge is 0.0726 e. The van der Waals surface area contributed by atoms with Gasteiger partial charge in [-0.25, -0.2) is 0 Å². The second-order valence-electron chi connectivity index (χ2n) is 31.9. The summed E-state index contributed by atoms with van der Waals surface area (Å²) >= 11 is 0. The van der Waals surface area contributed by atoms with Gasteiger partial charge in [-0.05, 0) is 258 Å². The first-order valence-corrected chi connectivity index (χ1v) is 39.5. The summed E-state index contributed by atoms with van der Waals surface area (Å²) in [5.41, 5.74) is 42.9. The van der Waals surface area contributed by atoms with Crippen molar-refractivity contribution in [2.24, 2.45) is 0 Å². The van der Waals surface area contributed by atoms with E-state index in [0.29, 0.717) is 0 Å². The number of nitrogens with zero attached hydrogens (tertiary/aromatic N) is 2. The molecule has 105 heavy (non-hydrogen) atoms. The molecule has 13 aromatic carbocycles. The van der Waals surface area contributed by atoms with Crippen molar-refractivity contribution in [1.82, 2.24) is 0 Å². The zero-order valence-electron chi connectivity index (χ0n) is 62.9. The molecule has 18 rings (SSSR count). The Hall–Kier alpha value is -10.5. The number of hydrogen-bond acceptors (Lipinski definition) is 2. The van der Waals surface area contributed by atoms with E-state index in [-0.39, 0.29) is 16.2 Å². The van der Waals surface area contributed by atoms with Crippen LogP contribution in [0.5, 0.6) is 0 Å². The monoisotopic (exact) mass is 1360 g/mol. The number of rotatable bonds is 20. The number of aryl methyl sites for hydroxylation is 3. The number of unbranched alkanes of at least 4 members (excludes halogenated alkanes) is 4. The van der Waals surface area contributed by atoms with Crippen molar-refractivity contribution in [2.45, 2.75) is 161 Å². The largest absolute Gasteiger partial charge is 0.310 e. The lowest BCUT2D eigenvalue weighted by atomic mass is 9.70. The lowest BCUT2D eigenvalue weighted by Gasteiger charge is -2.35. The first-order valence-electron chi connectivity index (χ1n) is 39.5. The van der Waals surface area contributed by atoms with E-state index >= 15 is 0 Å². The summed E-state index contributed by atoms with van der Waals surface area (Å²) in [5.74, 6) is 0. The first-order chi connectivity index (χ1) is 51.3. The van der Waals surface area contributed by atoms with Crippen LogP contribution in [0.1, 0.15) is 191 Å². The van der Waals surface area contributed by atoms with E-state index in [0.717, 1.165) is 42.7 Å². The van der Waals surface area contributed by atoms with Crippen LogP contribution in [0, 0.1) is 20.8 Å². The lowest BCUT2D eigenvalue weighted by Crippen LogP contribution is -2.26. The quantitative estimate of drug-likeness (QED) is 0.0750. The third-order valence-electron chi connectivity index (χ3n) is 25.5. The van der Waals surface area contributed by atoms with Crippen LogP contribution in [0.2, 0.25) is 0 Å². The number of hydrogen-bond donors (Lipinski definition) is 0. The minimum atomic E-state index is -0.481. The van der Waals surface area contributed by atoms with Crippen LogP contribution in [0.15, 0.2) is 273 Å². The molecule has 0 amide bonds. The van der Waals surface area contributed by atoms with Crippen LogP contribution in [-0.4, -0.2) is 0 Å². The maximum Gasteiger partial charge on any atom is 0.0726 e. The maximum atomic E-state index is 2.64. The summed E-state index contributed by atoms with van der Waals surface area (Å²) in [7, 11) is 0. The molecular formula is C103H96N2. The Labute approximate surface area is 624 Å². The molecule has 0 N–H and O–H groups in total. The second-order valence-corrected chi connectivity index (χ2v) is 31.9. The molecule has 1 spiro atoms. The molecule has 0 aromatic heterocycles. The number of anilines is 6. The summed E-state index contributed by atoms with van der Waals surface area (Å²) < 4.78 is 0. The van der Waals surface area contributed by atoms with E-state index in [1.54, 1.807) is 0 Å². The summed E-state index contributed by atoms with van der Waals surface area (Å²) in [6, 6.07) is 107. The third kappa shape index (κ3) is 10.2. The fourth-order valence-electron chi connectivity index (χ4n) is 20.6. The molecule has 5 aliphatic carbocycles. The fourth-order valence-corrected chi connectivity index (χ4v) is 20.6. The average Bonchev–Trinajstić information content (AvgIpc) is 1.51. The molecule has 518 valence electrons. The van der Waals surface area contributed by atoms with E-state index in [4.69, 9.17) is 0 Å². The van der Waals surface area contributed by atoms with Gasteiger partial charge >= 0.3 is 0 Å². The Bertz CT molecular complexity index is 5380. The van der Waals surface area contributed by atoms with E-state index in [1.807, 2.05) is 0 Å². The zero-order chi connectivity index (χ0) is 71.5. The first kappa shape index (κ1) is 66.4. The molecule has 0 atom stereocenters. The van der Waals surface area contributed by atoms with Crippen LogP contribution in [-0.2, 0) is 21.7 Å². The number of benzene rings is 13. The van der Waals surface area contributed by atoms with Gasteiger partial charge in [-0.1, -0.05) is 304 Å². The molecule has 2 heteroatoms. The predicted octanol–water partition coefficient (Wildman–Crippen LogP) is 28.8. The summed E-state index contributed by atoms with van der Waals surface area (Å²) in [5, 5.41) is 0. The standard InChI is InChI=1S/C103H96N2/c1-10-14-57-101(58-15-11-2)94-61-67(5)37-51-84(94)86-54-48-75(64-96(86)101)105(76-49-55-87-85-52-38-68(6)62-95(85)102(59-16-12-3,60-17-13-4)97(87)65-76)74-47-53-78(69(7)63-74)70-39-43-72(44-40-70)104(73-45-41-71(42-46-73)79-31-26-32-89-83-30-18-22-33-90(83)100(8,9)99(79)89)77-50-56-88-82-29-21-25-36-93(82)103(98(88)66-77)91-34-23-19-27-80(91)81-28-20-24-35-92(81)103/h18-56,61-66H,10-17,57-60H2,1-9H3. The Kier molecular flexibility index (Phi) is 16.4. The van der Waals surface area contributed by atoms with Gasteiger partial charge in [0.25, 0.3) is 0 Å². The van der Waals surface area contributed by atoms with Gasteiger partial charge in [0.1, 0.15) is 0 Å². The SMILES string of the molecule is CCCCC1(CCCC)c2cc(C)ccc2-c2ccc(N(c3ccc(-c4ccc(N(c5ccc(-c6cccc7c6C(C)(C)c6ccccc6-7)cc5)c5ccc6c(c5)C5(c7ccccc7-c7ccccc75)c5ccccc5-6)cc4)c(C)c3)c3ccc4c(c3)C(CCCC)(CCCC)c3cc(C)ccc3-4)cc21. The highest BCUT2D eigenvalue weighted by atomic mass is 15.1. The maximum absolute atomic E-state index is 2.64. The van der Waals surface area contributed by atoms with Gasteiger partial charge in [-0.3, -0.25) is 0 Å². The van der Waals surface area contributed by atoms with Gasteiger partial charge in [-0.2, -0.15) is 0 Å².